The highest BCUT2D eigenvalue weighted by Gasteiger charge is 2.48. The second-order valence-electron chi connectivity index (χ2n) is 10.4. The van der Waals surface area contributed by atoms with Crippen molar-refractivity contribution in [2.45, 2.75) is 61.5 Å². The van der Waals surface area contributed by atoms with E-state index in [0.29, 0.717) is 24.8 Å². The van der Waals surface area contributed by atoms with E-state index < -0.39 is 45.5 Å². The van der Waals surface area contributed by atoms with Gasteiger partial charge in [0.15, 0.2) is 15.9 Å². The lowest BCUT2D eigenvalue weighted by molar-refractivity contribution is -0.160. The van der Waals surface area contributed by atoms with Crippen LogP contribution in [0.3, 0.4) is 0 Å². The maximum absolute atomic E-state index is 13.3. The molecule has 0 heterocycles. The Labute approximate surface area is 245 Å². The first-order valence-electron chi connectivity index (χ1n) is 13.5. The van der Waals surface area contributed by atoms with Gasteiger partial charge in [-0.2, -0.15) is 0 Å². The van der Waals surface area contributed by atoms with Gasteiger partial charge in [-0.3, -0.25) is 4.79 Å². The summed E-state index contributed by atoms with van der Waals surface area (Å²) in [4.78, 5) is 39.0. The van der Waals surface area contributed by atoms with Crippen LogP contribution in [0.2, 0.25) is 0 Å². The first kappa shape index (κ1) is 30.7. The van der Waals surface area contributed by atoms with Crippen molar-refractivity contribution in [2.75, 3.05) is 6.26 Å². The zero-order valence-corrected chi connectivity index (χ0v) is 24.0. The van der Waals surface area contributed by atoms with Crippen LogP contribution in [0.4, 0.5) is 4.79 Å². The Morgan fingerprint density at radius 1 is 0.833 bits per heavy atom. The number of amides is 2. The van der Waals surface area contributed by atoms with Gasteiger partial charge in [0.05, 0.1) is 10.9 Å². The first-order valence-corrected chi connectivity index (χ1v) is 15.4. The van der Waals surface area contributed by atoms with E-state index in [0.717, 1.165) is 17.4 Å². The molecule has 4 rings (SSSR count). The van der Waals surface area contributed by atoms with E-state index in [-0.39, 0.29) is 24.5 Å². The van der Waals surface area contributed by atoms with Crippen LogP contribution in [-0.4, -0.2) is 55.4 Å². The van der Waals surface area contributed by atoms with Crippen molar-refractivity contribution in [2.24, 2.45) is 0 Å². The van der Waals surface area contributed by atoms with Gasteiger partial charge in [0.2, 0.25) is 0 Å². The second-order valence-corrected chi connectivity index (χ2v) is 12.4. The van der Waals surface area contributed by atoms with Gasteiger partial charge in [-0.05, 0) is 54.5 Å². The molecule has 0 aromatic heterocycles. The van der Waals surface area contributed by atoms with E-state index in [2.05, 4.69) is 10.6 Å². The van der Waals surface area contributed by atoms with Crippen LogP contribution in [0.5, 0.6) is 0 Å². The number of aliphatic hydroxyl groups is 1. The molecule has 11 heteroatoms. The smallest absolute Gasteiger partial charge is 0.407 e. The number of alkyl carbamates (subject to hydrolysis) is 1. The quantitative estimate of drug-likeness (QED) is 0.271. The fourth-order valence-corrected chi connectivity index (χ4v) is 5.18. The Morgan fingerprint density at radius 2 is 1.38 bits per heavy atom. The summed E-state index contributed by atoms with van der Waals surface area (Å²) in [5.41, 5.74) is 0.831. The molecule has 0 unspecified atom stereocenters. The average molecular weight is 595 g/mol. The van der Waals surface area contributed by atoms with Crippen LogP contribution in [-0.2, 0) is 48.5 Å². The predicted octanol–water partition coefficient (Wildman–Crippen LogP) is 3.07. The summed E-state index contributed by atoms with van der Waals surface area (Å²) < 4.78 is 34.5. The molecule has 10 nitrogen and oxygen atoms in total. The van der Waals surface area contributed by atoms with Crippen LogP contribution in [0.1, 0.15) is 36.0 Å². The zero-order chi connectivity index (χ0) is 30.2. The molecule has 42 heavy (non-hydrogen) atoms. The molecule has 2 atom stereocenters. The van der Waals surface area contributed by atoms with Gasteiger partial charge >= 0.3 is 12.1 Å². The summed E-state index contributed by atoms with van der Waals surface area (Å²) in [7, 11) is -3.43. The number of sulfone groups is 1. The van der Waals surface area contributed by atoms with Gasteiger partial charge in [0, 0.05) is 6.26 Å². The Kier molecular flexibility index (Phi) is 9.97. The molecule has 0 spiro atoms. The molecule has 0 bridgehead atoms. The zero-order valence-electron chi connectivity index (χ0n) is 23.2. The third-order valence-electron chi connectivity index (χ3n) is 7.15. The molecular formula is C31H34N2O8S. The maximum atomic E-state index is 13.3. The summed E-state index contributed by atoms with van der Waals surface area (Å²) in [6, 6.07) is 22.9. The number of esters is 1. The van der Waals surface area contributed by atoms with Crippen LogP contribution in [0.15, 0.2) is 89.8 Å². The van der Waals surface area contributed by atoms with Gasteiger partial charge in [-0.15, -0.1) is 0 Å². The number of nitrogens with one attached hydrogen (secondary N) is 2. The van der Waals surface area contributed by atoms with E-state index in [1.165, 1.54) is 12.1 Å². The number of benzene rings is 3. The number of hydrogen-bond donors (Lipinski definition) is 3. The topological polar surface area (TPSA) is 148 Å². The lowest BCUT2D eigenvalue weighted by Crippen LogP contribution is -2.63. The van der Waals surface area contributed by atoms with Gasteiger partial charge in [-0.25, -0.2) is 18.0 Å². The third-order valence-corrected chi connectivity index (χ3v) is 8.27. The van der Waals surface area contributed by atoms with E-state index in [9.17, 15) is 27.9 Å². The molecule has 0 radical (unpaired) electrons. The van der Waals surface area contributed by atoms with Crippen molar-refractivity contribution in [3.8, 4) is 0 Å². The number of aliphatic hydroxyl groups excluding tert-OH is 1. The van der Waals surface area contributed by atoms with Crippen LogP contribution in [0.25, 0.3) is 0 Å². The van der Waals surface area contributed by atoms with Crippen LogP contribution < -0.4 is 10.6 Å². The molecule has 222 valence electrons. The van der Waals surface area contributed by atoms with Crippen molar-refractivity contribution in [1.29, 1.82) is 0 Å². The first-order chi connectivity index (χ1) is 20.1. The summed E-state index contributed by atoms with van der Waals surface area (Å²) in [5, 5.41) is 16.3. The molecule has 1 fully saturated rings. The highest BCUT2D eigenvalue weighted by atomic mass is 32.2. The van der Waals surface area contributed by atoms with E-state index in [1.807, 2.05) is 36.4 Å². The SMILES string of the molecule is CS(=O)(=O)c1ccc(C[C@@H](NC(=O)OCc2ccccc2)[C@H](O)C(=O)NC2(C(=O)OCc3ccccc3)CCC2)cc1. The fourth-order valence-electron chi connectivity index (χ4n) is 4.55. The lowest BCUT2D eigenvalue weighted by Gasteiger charge is -2.40. The molecule has 0 aliphatic heterocycles. The molecule has 3 aromatic carbocycles. The van der Waals surface area contributed by atoms with Crippen LogP contribution >= 0.6 is 0 Å². The molecule has 2 amide bonds. The minimum atomic E-state index is -3.43. The fraction of sp³-hybridized carbons (Fsp3) is 0.323. The Bertz CT molecular complexity index is 1470. The average Bonchev–Trinajstić information content (AvgIpc) is 2.96. The summed E-state index contributed by atoms with van der Waals surface area (Å²) >= 11 is 0. The minimum Gasteiger partial charge on any atom is -0.459 e. The maximum Gasteiger partial charge on any atom is 0.407 e. The summed E-state index contributed by atoms with van der Waals surface area (Å²) in [5.74, 6) is -1.45. The monoisotopic (exact) mass is 594 g/mol. The van der Waals surface area contributed by atoms with Crippen molar-refractivity contribution in [3.05, 3.63) is 102 Å². The highest BCUT2D eigenvalue weighted by molar-refractivity contribution is 7.90. The molecule has 0 saturated heterocycles. The van der Waals surface area contributed by atoms with Crippen molar-refractivity contribution in [3.63, 3.8) is 0 Å². The number of carbonyl (C=O) groups is 3. The van der Waals surface area contributed by atoms with Crippen LogP contribution in [0, 0.1) is 0 Å². The molecule has 1 aliphatic carbocycles. The van der Waals surface area contributed by atoms with Crippen molar-refractivity contribution < 1.29 is 37.4 Å². The molecule has 1 saturated carbocycles. The van der Waals surface area contributed by atoms with E-state index in [1.54, 1.807) is 36.4 Å². The molecule has 3 aromatic rings. The Balaban J connectivity index is 1.45. The summed E-state index contributed by atoms with van der Waals surface area (Å²) in [6.07, 6.45) is -0.162. The molecule has 3 N–H and O–H groups in total. The van der Waals surface area contributed by atoms with Gasteiger partial charge < -0.3 is 25.2 Å². The van der Waals surface area contributed by atoms with E-state index >= 15 is 0 Å². The number of carbonyl (C=O) groups excluding carboxylic acids is 3. The van der Waals surface area contributed by atoms with Gasteiger partial charge in [0.25, 0.3) is 5.91 Å². The minimum absolute atomic E-state index is 0.0233. The lowest BCUT2D eigenvalue weighted by atomic mass is 9.76. The number of hydrogen-bond acceptors (Lipinski definition) is 8. The predicted molar refractivity (Wildman–Crippen MR) is 154 cm³/mol. The normalized spacial score (nSPS) is 15.4. The number of rotatable bonds is 12. The molecular weight excluding hydrogens is 560 g/mol. The molecule has 1 aliphatic rings. The van der Waals surface area contributed by atoms with Crippen molar-refractivity contribution >= 4 is 27.8 Å². The Hall–Kier alpha value is -4.22. The van der Waals surface area contributed by atoms with Gasteiger partial charge in [-0.1, -0.05) is 72.8 Å². The standard InChI is InChI=1S/C31H34N2O8S/c1-42(38,39)25-15-13-22(14-16-25)19-26(32-30(37)41-21-24-11-6-3-7-12-24)27(34)28(35)33-31(17-8-18-31)29(36)40-20-23-9-4-2-5-10-23/h2-7,9-16,26-27,34H,8,17-21H2,1H3,(H,32,37)(H,33,35)/t26-,27+/m1/s1. The second kappa shape index (κ2) is 13.6. The van der Waals surface area contributed by atoms with Gasteiger partial charge in [0.1, 0.15) is 18.8 Å². The van der Waals surface area contributed by atoms with Crippen molar-refractivity contribution in [1.82, 2.24) is 10.6 Å². The summed E-state index contributed by atoms with van der Waals surface area (Å²) in [6.45, 7) is 0.0157. The highest BCUT2D eigenvalue weighted by Crippen LogP contribution is 2.33. The number of ether oxygens (including phenoxy) is 2. The van der Waals surface area contributed by atoms with E-state index in [4.69, 9.17) is 9.47 Å². The Morgan fingerprint density at radius 3 is 1.88 bits per heavy atom. The third kappa shape index (κ3) is 8.17. The largest absolute Gasteiger partial charge is 0.459 e.